The minimum absolute atomic E-state index is 0.120. The van der Waals surface area contributed by atoms with E-state index in [0.29, 0.717) is 5.69 Å². The quantitative estimate of drug-likeness (QED) is 0.702. The fraction of sp³-hybridized carbons (Fsp3) is 0.222. The number of aryl methyl sites for hydroxylation is 1. The van der Waals surface area contributed by atoms with Crippen LogP contribution in [0.15, 0.2) is 28.4 Å². The van der Waals surface area contributed by atoms with Crippen molar-refractivity contribution in [1.29, 1.82) is 0 Å². The van der Waals surface area contributed by atoms with Crippen LogP contribution in [0.3, 0.4) is 0 Å². The molecule has 1 aromatic rings. The number of aromatic nitrogens is 2. The lowest BCUT2D eigenvalue weighted by atomic mass is 10.2. The number of nitrogens with zero attached hydrogens (tertiary/aromatic N) is 3. The lowest BCUT2D eigenvalue weighted by Gasteiger charge is -2.13. The van der Waals surface area contributed by atoms with Gasteiger partial charge in [-0.05, 0) is 12.1 Å². The molecular formula is C9H10N4O4S. The third-order valence-corrected chi connectivity index (χ3v) is 3.14. The van der Waals surface area contributed by atoms with Gasteiger partial charge in [0.2, 0.25) is 0 Å². The number of ether oxygens (including phenoxy) is 1. The van der Waals surface area contributed by atoms with Crippen molar-refractivity contribution in [2.75, 3.05) is 7.11 Å². The maximum Gasteiger partial charge on any atom is 0.355 e. The highest BCUT2D eigenvalue weighted by Gasteiger charge is 2.24. The number of allylic oxidation sites excluding steroid dienone is 1. The lowest BCUT2D eigenvalue weighted by molar-refractivity contribution is -0.136. The SMILES string of the molecule is COC(=O)C1=CC(c2ccnn2C)=NS(=O)(=O)N1. The van der Waals surface area contributed by atoms with Gasteiger partial charge in [-0.1, -0.05) is 0 Å². The number of nitrogens with one attached hydrogen (secondary N) is 1. The van der Waals surface area contributed by atoms with Gasteiger partial charge in [-0.15, -0.1) is 4.40 Å². The Labute approximate surface area is 103 Å². The Bertz CT molecular complexity index is 656. The zero-order valence-electron chi connectivity index (χ0n) is 9.61. The van der Waals surface area contributed by atoms with E-state index in [0.717, 1.165) is 7.11 Å². The molecule has 0 amide bonds. The fourth-order valence-electron chi connectivity index (χ4n) is 1.44. The minimum atomic E-state index is -3.95. The molecule has 2 heterocycles. The Kier molecular flexibility index (Phi) is 2.91. The van der Waals surface area contributed by atoms with Crippen LogP contribution in [0.2, 0.25) is 0 Å². The van der Waals surface area contributed by atoms with E-state index in [2.05, 4.69) is 14.2 Å². The smallest absolute Gasteiger partial charge is 0.355 e. The Hall–Kier alpha value is -2.16. The van der Waals surface area contributed by atoms with Crippen molar-refractivity contribution >= 4 is 21.9 Å². The highest BCUT2D eigenvalue weighted by Crippen LogP contribution is 2.11. The largest absolute Gasteiger partial charge is 0.464 e. The standard InChI is InChI=1S/C9H10N4O4S/c1-13-8(3-4-10-13)6-5-7(9(14)17-2)12-18(15,16)11-6/h3-5,12H,1-2H3. The third kappa shape index (κ3) is 2.25. The Morgan fingerprint density at radius 1 is 1.50 bits per heavy atom. The molecule has 0 bridgehead atoms. The molecule has 0 unspecified atom stereocenters. The third-order valence-electron chi connectivity index (χ3n) is 2.23. The summed E-state index contributed by atoms with van der Waals surface area (Å²) in [4.78, 5) is 11.4. The summed E-state index contributed by atoms with van der Waals surface area (Å²) in [6.45, 7) is 0. The number of carbonyl (C=O) groups is 1. The summed E-state index contributed by atoms with van der Waals surface area (Å²) in [6.07, 6.45) is 2.79. The second-order valence-electron chi connectivity index (χ2n) is 3.44. The molecule has 2 rings (SSSR count). The molecular weight excluding hydrogens is 260 g/mol. The Morgan fingerprint density at radius 3 is 2.78 bits per heavy atom. The van der Waals surface area contributed by atoms with Crippen LogP contribution in [0, 0.1) is 0 Å². The van der Waals surface area contributed by atoms with Crippen molar-refractivity contribution in [2.45, 2.75) is 0 Å². The maximum atomic E-state index is 11.5. The van der Waals surface area contributed by atoms with E-state index >= 15 is 0 Å². The summed E-state index contributed by atoms with van der Waals surface area (Å²) in [5, 5.41) is 3.90. The number of rotatable bonds is 2. The summed E-state index contributed by atoms with van der Waals surface area (Å²) in [6, 6.07) is 1.59. The predicted octanol–water partition coefficient (Wildman–Crippen LogP) is -0.886. The zero-order valence-corrected chi connectivity index (χ0v) is 10.4. The molecule has 0 saturated heterocycles. The second kappa shape index (κ2) is 4.26. The van der Waals surface area contributed by atoms with Gasteiger partial charge >= 0.3 is 16.2 Å². The summed E-state index contributed by atoms with van der Waals surface area (Å²) >= 11 is 0. The lowest BCUT2D eigenvalue weighted by Crippen LogP contribution is -2.32. The molecule has 1 aliphatic rings. The summed E-state index contributed by atoms with van der Waals surface area (Å²) in [7, 11) is -1.15. The number of esters is 1. The Morgan fingerprint density at radius 2 is 2.22 bits per heavy atom. The number of hydrogen-bond donors (Lipinski definition) is 1. The molecule has 9 heteroatoms. The van der Waals surface area contributed by atoms with Crippen molar-refractivity contribution in [2.24, 2.45) is 11.4 Å². The van der Waals surface area contributed by atoms with Crippen LogP contribution in [-0.4, -0.2) is 37.0 Å². The number of methoxy groups -OCH3 is 1. The highest BCUT2D eigenvalue weighted by atomic mass is 32.2. The van der Waals surface area contributed by atoms with Gasteiger partial charge in [0.05, 0.1) is 12.8 Å². The van der Waals surface area contributed by atoms with E-state index in [-0.39, 0.29) is 11.4 Å². The maximum absolute atomic E-state index is 11.5. The molecule has 96 valence electrons. The van der Waals surface area contributed by atoms with E-state index in [1.807, 2.05) is 4.72 Å². The van der Waals surface area contributed by atoms with Crippen LogP contribution in [0.4, 0.5) is 0 Å². The van der Waals surface area contributed by atoms with E-state index < -0.39 is 16.2 Å². The summed E-state index contributed by atoms with van der Waals surface area (Å²) in [5.74, 6) is -0.784. The van der Waals surface area contributed by atoms with Crippen LogP contribution >= 0.6 is 0 Å². The molecule has 0 spiro atoms. The minimum Gasteiger partial charge on any atom is -0.464 e. The van der Waals surface area contributed by atoms with Gasteiger partial charge in [0.1, 0.15) is 11.4 Å². The van der Waals surface area contributed by atoms with Gasteiger partial charge in [0.25, 0.3) is 0 Å². The molecule has 0 radical (unpaired) electrons. The molecule has 0 saturated carbocycles. The van der Waals surface area contributed by atoms with Crippen molar-refractivity contribution in [1.82, 2.24) is 14.5 Å². The Balaban J connectivity index is 2.52. The average Bonchev–Trinajstić information content (AvgIpc) is 2.72. The average molecular weight is 270 g/mol. The summed E-state index contributed by atoms with van der Waals surface area (Å²) in [5.41, 5.74) is 0.402. The van der Waals surface area contributed by atoms with Gasteiger partial charge in [-0.3, -0.25) is 9.40 Å². The van der Waals surface area contributed by atoms with Crippen LogP contribution in [-0.2, 0) is 26.8 Å². The van der Waals surface area contributed by atoms with Crippen molar-refractivity contribution in [3.8, 4) is 0 Å². The summed E-state index contributed by atoms with van der Waals surface area (Å²) < 4.78 is 34.5. The highest BCUT2D eigenvalue weighted by molar-refractivity contribution is 7.88. The van der Waals surface area contributed by atoms with E-state index in [1.54, 1.807) is 13.1 Å². The topological polar surface area (TPSA) is 103 Å². The normalized spacial score (nSPS) is 17.4. The van der Waals surface area contributed by atoms with Crippen LogP contribution in [0.1, 0.15) is 5.69 Å². The first-order valence-corrected chi connectivity index (χ1v) is 6.28. The molecule has 0 fully saturated rings. The van der Waals surface area contributed by atoms with Gasteiger partial charge in [-0.25, -0.2) is 4.79 Å². The first-order valence-electron chi connectivity index (χ1n) is 4.84. The van der Waals surface area contributed by atoms with Crippen molar-refractivity contribution in [3.05, 3.63) is 29.7 Å². The first kappa shape index (κ1) is 12.3. The van der Waals surface area contributed by atoms with Crippen LogP contribution in [0.25, 0.3) is 0 Å². The fourth-order valence-corrected chi connectivity index (χ4v) is 2.31. The van der Waals surface area contributed by atoms with Gasteiger partial charge in [-0.2, -0.15) is 13.5 Å². The molecule has 8 nitrogen and oxygen atoms in total. The van der Waals surface area contributed by atoms with Crippen molar-refractivity contribution < 1.29 is 17.9 Å². The molecule has 18 heavy (non-hydrogen) atoms. The van der Waals surface area contributed by atoms with E-state index in [9.17, 15) is 13.2 Å². The van der Waals surface area contributed by atoms with Gasteiger partial charge in [0, 0.05) is 13.2 Å². The van der Waals surface area contributed by atoms with Crippen LogP contribution < -0.4 is 4.72 Å². The molecule has 1 aliphatic heterocycles. The monoisotopic (exact) mass is 270 g/mol. The molecule has 0 atom stereocenters. The van der Waals surface area contributed by atoms with Gasteiger partial charge < -0.3 is 4.74 Å². The second-order valence-corrected chi connectivity index (χ2v) is 4.78. The molecule has 0 aliphatic carbocycles. The van der Waals surface area contributed by atoms with E-state index in [1.165, 1.54) is 17.0 Å². The molecule has 1 N–H and O–H groups in total. The van der Waals surface area contributed by atoms with Crippen LogP contribution in [0.5, 0.6) is 0 Å². The predicted molar refractivity (Wildman–Crippen MR) is 61.9 cm³/mol. The first-order chi connectivity index (χ1) is 8.43. The zero-order chi connectivity index (χ0) is 13.3. The van der Waals surface area contributed by atoms with E-state index in [4.69, 9.17) is 0 Å². The van der Waals surface area contributed by atoms with Crippen molar-refractivity contribution in [3.63, 3.8) is 0 Å². The molecule has 0 aromatic carbocycles. The number of hydrogen-bond acceptors (Lipinski definition) is 5. The molecule has 1 aromatic heterocycles. The van der Waals surface area contributed by atoms with Gasteiger partial charge in [0.15, 0.2) is 0 Å². The number of carbonyl (C=O) groups excluding carboxylic acids is 1.